The molecule has 2 rings (SSSR count). The van der Waals surface area contributed by atoms with Crippen LogP contribution in [0, 0.1) is 0 Å². The van der Waals surface area contributed by atoms with Crippen LogP contribution in [0.1, 0.15) is 12.5 Å². The van der Waals surface area contributed by atoms with Crippen LogP contribution in [-0.2, 0) is 21.6 Å². The molecule has 20 heavy (non-hydrogen) atoms. The fourth-order valence-electron chi connectivity index (χ4n) is 1.95. The van der Waals surface area contributed by atoms with Crippen molar-refractivity contribution in [3.63, 3.8) is 0 Å². The van der Waals surface area contributed by atoms with Crippen molar-refractivity contribution >= 4 is 21.9 Å². The number of ether oxygens (including phenoxy) is 1. The van der Waals surface area contributed by atoms with E-state index in [0.29, 0.717) is 5.56 Å². The molecule has 0 saturated carbocycles. The van der Waals surface area contributed by atoms with E-state index in [2.05, 4.69) is 21.0 Å². The van der Waals surface area contributed by atoms with Gasteiger partial charge >= 0.3 is 5.97 Å². The molecule has 0 amide bonds. The molecule has 5 nitrogen and oxygen atoms in total. The van der Waals surface area contributed by atoms with Gasteiger partial charge in [-0.05, 0) is 28.4 Å². The van der Waals surface area contributed by atoms with Crippen LogP contribution in [0.5, 0.6) is 0 Å². The number of rotatable bonds is 5. The first-order valence-corrected chi connectivity index (χ1v) is 7.05. The fourth-order valence-corrected chi connectivity index (χ4v) is 2.28. The van der Waals surface area contributed by atoms with Gasteiger partial charge in [0.25, 0.3) is 0 Å². The minimum absolute atomic E-state index is 0.210. The van der Waals surface area contributed by atoms with Crippen molar-refractivity contribution in [1.82, 2.24) is 9.78 Å². The highest BCUT2D eigenvalue weighted by atomic mass is 79.9. The fraction of sp³-hybridized carbons (Fsp3) is 0.286. The van der Waals surface area contributed by atoms with Gasteiger partial charge in [-0.1, -0.05) is 30.3 Å². The van der Waals surface area contributed by atoms with Gasteiger partial charge in [-0.3, -0.25) is 4.68 Å². The molecule has 1 atom stereocenters. The smallest absolute Gasteiger partial charge is 0.332 e. The van der Waals surface area contributed by atoms with Gasteiger partial charge in [0.05, 0.1) is 23.8 Å². The summed E-state index contributed by atoms with van der Waals surface area (Å²) in [7, 11) is 0. The highest BCUT2D eigenvalue weighted by Gasteiger charge is 2.38. The summed E-state index contributed by atoms with van der Waals surface area (Å²) in [4.78, 5) is 12.3. The van der Waals surface area contributed by atoms with Gasteiger partial charge in [-0.15, -0.1) is 0 Å². The van der Waals surface area contributed by atoms with Gasteiger partial charge in [0.15, 0.2) is 5.54 Å². The number of nitrogens with zero attached hydrogens (tertiary/aromatic N) is 2. The van der Waals surface area contributed by atoms with E-state index in [1.165, 1.54) is 0 Å². The number of benzene rings is 1. The Bertz CT molecular complexity index is 585. The van der Waals surface area contributed by atoms with E-state index in [1.807, 2.05) is 30.3 Å². The van der Waals surface area contributed by atoms with Crippen LogP contribution in [0.25, 0.3) is 0 Å². The molecule has 0 aliphatic heterocycles. The zero-order valence-corrected chi connectivity index (χ0v) is 12.7. The molecular formula is C14H16BrN3O2. The van der Waals surface area contributed by atoms with Gasteiger partial charge in [0, 0.05) is 6.20 Å². The van der Waals surface area contributed by atoms with Gasteiger partial charge in [0.1, 0.15) is 0 Å². The van der Waals surface area contributed by atoms with E-state index in [4.69, 9.17) is 10.5 Å². The predicted molar refractivity (Wildman–Crippen MR) is 78.9 cm³/mol. The largest absolute Gasteiger partial charge is 0.464 e. The lowest BCUT2D eigenvalue weighted by Crippen LogP contribution is -2.49. The standard InChI is InChI=1S/C14H16BrN3O2/c1-2-20-13(19)14(16,11-6-4-3-5-7-11)10-18-9-12(15)8-17-18/h3-9H,2,10,16H2,1H3. The quantitative estimate of drug-likeness (QED) is 0.848. The minimum Gasteiger partial charge on any atom is -0.464 e. The SMILES string of the molecule is CCOC(=O)C(N)(Cn1cc(Br)cn1)c1ccccc1. The Morgan fingerprint density at radius 3 is 2.70 bits per heavy atom. The average Bonchev–Trinajstić information content (AvgIpc) is 2.85. The Morgan fingerprint density at radius 2 is 2.15 bits per heavy atom. The number of halogens is 1. The summed E-state index contributed by atoms with van der Waals surface area (Å²) >= 11 is 3.32. The number of hydrogen-bond acceptors (Lipinski definition) is 4. The van der Waals surface area contributed by atoms with E-state index >= 15 is 0 Å². The number of aromatic nitrogens is 2. The van der Waals surface area contributed by atoms with Crippen molar-refractivity contribution < 1.29 is 9.53 Å². The summed E-state index contributed by atoms with van der Waals surface area (Å²) < 4.78 is 7.57. The van der Waals surface area contributed by atoms with Crippen LogP contribution < -0.4 is 5.73 Å². The van der Waals surface area contributed by atoms with E-state index < -0.39 is 11.5 Å². The highest BCUT2D eigenvalue weighted by molar-refractivity contribution is 9.10. The summed E-state index contributed by atoms with van der Waals surface area (Å²) in [6.07, 6.45) is 3.42. The molecule has 0 spiro atoms. The van der Waals surface area contributed by atoms with Crippen molar-refractivity contribution in [2.45, 2.75) is 19.0 Å². The van der Waals surface area contributed by atoms with Crippen LogP contribution in [-0.4, -0.2) is 22.4 Å². The molecule has 0 aliphatic rings. The lowest BCUT2D eigenvalue weighted by atomic mass is 9.91. The lowest BCUT2D eigenvalue weighted by molar-refractivity contribution is -0.150. The number of esters is 1. The second-order valence-corrected chi connectivity index (χ2v) is 5.33. The maximum absolute atomic E-state index is 12.3. The first-order chi connectivity index (χ1) is 9.56. The van der Waals surface area contributed by atoms with Gasteiger partial charge < -0.3 is 10.5 Å². The third-order valence-electron chi connectivity index (χ3n) is 2.94. The molecule has 2 N–H and O–H groups in total. The maximum Gasteiger partial charge on any atom is 0.332 e. The lowest BCUT2D eigenvalue weighted by Gasteiger charge is -2.27. The molecular weight excluding hydrogens is 322 g/mol. The molecule has 106 valence electrons. The number of carbonyl (C=O) groups is 1. The molecule has 1 unspecified atom stereocenters. The second kappa shape index (κ2) is 6.19. The second-order valence-electron chi connectivity index (χ2n) is 4.41. The van der Waals surface area contributed by atoms with Crippen LogP contribution in [0.4, 0.5) is 0 Å². The molecule has 2 aromatic rings. The summed E-state index contributed by atoms with van der Waals surface area (Å²) in [5.74, 6) is -0.460. The van der Waals surface area contributed by atoms with Gasteiger partial charge in [-0.25, -0.2) is 4.79 Å². The third-order valence-corrected chi connectivity index (χ3v) is 3.35. The Hall–Kier alpha value is -1.66. The first kappa shape index (κ1) is 14.7. The van der Waals surface area contributed by atoms with Crippen LogP contribution >= 0.6 is 15.9 Å². The van der Waals surface area contributed by atoms with E-state index in [9.17, 15) is 4.79 Å². The Labute approximate surface area is 125 Å². The highest BCUT2D eigenvalue weighted by Crippen LogP contribution is 2.23. The number of nitrogens with two attached hydrogens (primary N) is 1. The van der Waals surface area contributed by atoms with Gasteiger partial charge in [0.2, 0.25) is 0 Å². The van der Waals surface area contributed by atoms with Crippen molar-refractivity contribution in [2.75, 3.05) is 6.61 Å². The Balaban J connectivity index is 2.36. The molecule has 1 aromatic carbocycles. The molecule has 1 heterocycles. The molecule has 0 saturated heterocycles. The number of hydrogen-bond donors (Lipinski definition) is 1. The van der Waals surface area contributed by atoms with Crippen molar-refractivity contribution in [2.24, 2.45) is 5.73 Å². The molecule has 6 heteroatoms. The third kappa shape index (κ3) is 3.08. The van der Waals surface area contributed by atoms with Crippen molar-refractivity contribution in [3.05, 3.63) is 52.8 Å². The Morgan fingerprint density at radius 1 is 1.45 bits per heavy atom. The summed E-state index contributed by atoms with van der Waals surface area (Å²) in [6.45, 7) is 2.25. The van der Waals surface area contributed by atoms with Crippen LogP contribution in [0.2, 0.25) is 0 Å². The van der Waals surface area contributed by atoms with Crippen LogP contribution in [0.15, 0.2) is 47.2 Å². The van der Waals surface area contributed by atoms with Crippen molar-refractivity contribution in [3.8, 4) is 0 Å². The molecule has 0 aliphatic carbocycles. The number of carbonyl (C=O) groups excluding carboxylic acids is 1. The maximum atomic E-state index is 12.3. The Kier molecular flexibility index (Phi) is 4.57. The topological polar surface area (TPSA) is 70.1 Å². The molecule has 0 radical (unpaired) electrons. The van der Waals surface area contributed by atoms with Crippen LogP contribution in [0.3, 0.4) is 0 Å². The van der Waals surface area contributed by atoms with Crippen molar-refractivity contribution in [1.29, 1.82) is 0 Å². The molecule has 0 fully saturated rings. The van der Waals surface area contributed by atoms with E-state index in [1.54, 1.807) is 24.0 Å². The first-order valence-electron chi connectivity index (χ1n) is 6.26. The average molecular weight is 338 g/mol. The normalized spacial score (nSPS) is 13.8. The zero-order valence-electron chi connectivity index (χ0n) is 11.1. The summed E-state index contributed by atoms with van der Waals surface area (Å²) in [5.41, 5.74) is 5.78. The van der Waals surface area contributed by atoms with Gasteiger partial charge in [-0.2, -0.15) is 5.10 Å². The summed E-state index contributed by atoms with van der Waals surface area (Å²) in [6, 6.07) is 9.19. The predicted octanol–water partition coefficient (Wildman–Crippen LogP) is 2.06. The minimum atomic E-state index is -1.26. The molecule has 0 bridgehead atoms. The van der Waals surface area contributed by atoms with E-state index in [0.717, 1.165) is 4.47 Å². The van der Waals surface area contributed by atoms with E-state index in [-0.39, 0.29) is 13.2 Å². The zero-order chi connectivity index (χ0) is 14.6. The molecule has 1 aromatic heterocycles. The monoisotopic (exact) mass is 337 g/mol. The summed E-state index contributed by atoms with van der Waals surface area (Å²) in [5, 5.41) is 4.15.